The Labute approximate surface area is 157 Å². The number of nitrogens with zero attached hydrogens (tertiary/aromatic N) is 1. The number of quaternary nitrogens is 1. The third kappa shape index (κ3) is 2.87. The van der Waals surface area contributed by atoms with Crippen LogP contribution in [0.2, 0.25) is 0 Å². The number of rotatable bonds is 3. The van der Waals surface area contributed by atoms with E-state index in [1.165, 1.54) is 13.1 Å². The molecule has 0 amide bonds. The largest absolute Gasteiger partial charge is 0.368 e. The summed E-state index contributed by atoms with van der Waals surface area (Å²) in [5.41, 5.74) is -1.70. The van der Waals surface area contributed by atoms with Gasteiger partial charge in [-0.1, -0.05) is 24.0 Å². The van der Waals surface area contributed by atoms with E-state index < -0.39 is 11.2 Å². The van der Waals surface area contributed by atoms with Crippen molar-refractivity contribution in [3.8, 4) is 11.8 Å². The van der Waals surface area contributed by atoms with Crippen molar-refractivity contribution in [1.29, 1.82) is 0 Å². The first-order chi connectivity index (χ1) is 12.0. The Morgan fingerprint density at radius 2 is 1.80 bits per heavy atom. The third-order valence-corrected chi connectivity index (χ3v) is 7.84. The Bertz CT molecular complexity index is 745. The third-order valence-electron chi connectivity index (χ3n) is 5.89. The molecule has 2 aromatic heterocycles. The molecule has 0 saturated carbocycles. The fraction of sp³-hybridized carbons (Fsp3) is 0.500. The zero-order chi connectivity index (χ0) is 17.5. The molecule has 3 saturated heterocycles. The van der Waals surface area contributed by atoms with Gasteiger partial charge in [0, 0.05) is 25.9 Å². The molecule has 3 aliphatic heterocycles. The van der Waals surface area contributed by atoms with E-state index in [0.717, 1.165) is 33.6 Å². The average molecular weight is 375 g/mol. The van der Waals surface area contributed by atoms with E-state index in [4.69, 9.17) is 4.74 Å². The van der Waals surface area contributed by atoms with Crippen molar-refractivity contribution >= 4 is 22.7 Å². The summed E-state index contributed by atoms with van der Waals surface area (Å²) in [5.74, 6) is 7.15. The Morgan fingerprint density at radius 3 is 2.24 bits per heavy atom. The van der Waals surface area contributed by atoms with Gasteiger partial charge in [0.05, 0.1) is 29.9 Å². The summed E-state index contributed by atoms with van der Waals surface area (Å²) >= 11 is 3.09. The van der Waals surface area contributed by atoms with Gasteiger partial charge < -0.3 is 14.3 Å². The zero-order valence-corrected chi connectivity index (χ0v) is 16.3. The average Bonchev–Trinajstić information content (AvgIpc) is 3.33. The normalized spacial score (nSPS) is 31.6. The van der Waals surface area contributed by atoms with Crippen LogP contribution in [0.5, 0.6) is 0 Å². The summed E-state index contributed by atoms with van der Waals surface area (Å²) in [6.07, 6.45) is 2.30. The molecule has 3 nitrogen and oxygen atoms in total. The van der Waals surface area contributed by atoms with E-state index in [2.05, 4.69) is 18.9 Å². The molecule has 3 fully saturated rings. The Hall–Kier alpha value is -1.16. The second kappa shape index (κ2) is 6.22. The van der Waals surface area contributed by atoms with Crippen LogP contribution in [-0.4, -0.2) is 49.0 Å². The van der Waals surface area contributed by atoms with Crippen LogP contribution in [0.4, 0.5) is 0 Å². The highest BCUT2D eigenvalue weighted by Crippen LogP contribution is 2.42. The van der Waals surface area contributed by atoms with Crippen LogP contribution in [0.15, 0.2) is 35.0 Å². The predicted octanol–water partition coefficient (Wildman–Crippen LogP) is 3.30. The van der Waals surface area contributed by atoms with Gasteiger partial charge >= 0.3 is 0 Å². The molecule has 5 heteroatoms. The Morgan fingerprint density at radius 1 is 1.20 bits per heavy atom. The predicted molar refractivity (Wildman–Crippen MR) is 103 cm³/mol. The number of piperidine rings is 3. The summed E-state index contributed by atoms with van der Waals surface area (Å²) < 4.78 is 7.04. The Kier molecular flexibility index (Phi) is 4.30. The second-order valence-electron chi connectivity index (χ2n) is 7.51. The van der Waals surface area contributed by atoms with Crippen LogP contribution in [-0.2, 0) is 10.3 Å². The molecule has 0 radical (unpaired) electrons. The summed E-state index contributed by atoms with van der Waals surface area (Å²) in [6.45, 7) is 3.32. The fourth-order valence-corrected chi connectivity index (χ4v) is 5.99. The lowest BCUT2D eigenvalue weighted by Gasteiger charge is -2.54. The summed E-state index contributed by atoms with van der Waals surface area (Å²) in [6, 6.07) is 7.85. The molecular weight excluding hydrogens is 350 g/mol. The molecule has 5 rings (SSSR count). The van der Waals surface area contributed by atoms with E-state index in [-0.39, 0.29) is 0 Å². The van der Waals surface area contributed by atoms with Crippen molar-refractivity contribution < 1.29 is 14.3 Å². The number of likely N-dealkylation sites (N-methyl/N-ethyl adjacent to an activating group) is 1. The van der Waals surface area contributed by atoms with Crippen molar-refractivity contribution in [3.05, 3.63) is 44.8 Å². The Balaban J connectivity index is 1.77. The minimum Gasteiger partial charge on any atom is -0.368 e. The minimum absolute atomic E-state index is 0.451. The molecule has 1 atom stereocenters. The van der Waals surface area contributed by atoms with Gasteiger partial charge in [0.25, 0.3) is 0 Å². The molecule has 2 aromatic rings. The number of hydrogen-bond donors (Lipinski definition) is 1. The van der Waals surface area contributed by atoms with Crippen LogP contribution in [0.3, 0.4) is 0 Å². The lowest BCUT2D eigenvalue weighted by molar-refractivity contribution is -0.931. The van der Waals surface area contributed by atoms with Gasteiger partial charge in [-0.3, -0.25) is 0 Å². The van der Waals surface area contributed by atoms with Crippen LogP contribution in [0.1, 0.15) is 22.6 Å². The van der Waals surface area contributed by atoms with Gasteiger partial charge in [0.15, 0.2) is 11.2 Å². The van der Waals surface area contributed by atoms with Crippen molar-refractivity contribution in [2.75, 3.05) is 33.8 Å². The quantitative estimate of drug-likeness (QED) is 0.660. The number of ether oxygens (including phenoxy) is 1. The lowest BCUT2D eigenvalue weighted by Crippen LogP contribution is -2.67. The first kappa shape index (κ1) is 17.3. The summed E-state index contributed by atoms with van der Waals surface area (Å²) in [4.78, 5) is 1.74. The maximum Gasteiger partial charge on any atom is 0.195 e. The fourth-order valence-electron chi connectivity index (χ4n) is 4.35. The molecular formula is C20H24NO2S2+. The molecule has 0 spiro atoms. The van der Waals surface area contributed by atoms with E-state index in [1.54, 1.807) is 29.8 Å². The van der Waals surface area contributed by atoms with Crippen molar-refractivity contribution in [2.45, 2.75) is 24.0 Å². The number of thiophene rings is 2. The number of aliphatic hydroxyl groups is 1. The van der Waals surface area contributed by atoms with E-state index in [9.17, 15) is 5.11 Å². The molecule has 1 N–H and O–H groups in total. The zero-order valence-electron chi connectivity index (χ0n) is 14.7. The summed E-state index contributed by atoms with van der Waals surface area (Å²) in [5, 5.41) is 15.5. The van der Waals surface area contributed by atoms with Gasteiger partial charge in [-0.15, -0.1) is 22.7 Å². The smallest absolute Gasteiger partial charge is 0.195 e. The maximum absolute atomic E-state index is 11.5. The van der Waals surface area contributed by atoms with Gasteiger partial charge in [0.1, 0.15) is 6.54 Å². The van der Waals surface area contributed by atoms with Crippen LogP contribution in [0.25, 0.3) is 0 Å². The standard InChI is InChI=1S/C20H24NO2S2/c1-21-11-7-16(8-12-21)19(15-21,23-2)9-10-20(22,17-5-3-13-24-17)18-6-4-14-25-18/h3-6,13-14,16,22H,7-8,11-12,15H2,1-2H3/q+1/t16?,19-,21?/m1/s1. The van der Waals surface area contributed by atoms with Crippen molar-refractivity contribution in [2.24, 2.45) is 5.92 Å². The van der Waals surface area contributed by atoms with Crippen molar-refractivity contribution in [3.63, 3.8) is 0 Å². The first-order valence-corrected chi connectivity index (χ1v) is 10.5. The molecule has 0 aliphatic carbocycles. The highest BCUT2D eigenvalue weighted by molar-refractivity contribution is 7.11. The van der Waals surface area contributed by atoms with Crippen LogP contribution < -0.4 is 0 Å². The van der Waals surface area contributed by atoms with Crippen LogP contribution >= 0.6 is 22.7 Å². The van der Waals surface area contributed by atoms with E-state index in [0.29, 0.717) is 5.92 Å². The number of hydrogen-bond acceptors (Lipinski definition) is 4. The molecule has 2 bridgehead atoms. The monoisotopic (exact) mass is 374 g/mol. The molecule has 5 heterocycles. The SMILES string of the molecule is CO[C@]1(C#CC(O)(c2cccs2)c2cccs2)C[N+]2(C)CCC1CC2. The van der Waals surface area contributed by atoms with Crippen molar-refractivity contribution in [1.82, 2.24) is 0 Å². The molecule has 0 aromatic carbocycles. The van der Waals surface area contributed by atoms with Crippen LogP contribution in [0, 0.1) is 17.8 Å². The van der Waals surface area contributed by atoms with Gasteiger partial charge in [-0.25, -0.2) is 0 Å². The van der Waals surface area contributed by atoms with E-state index >= 15 is 0 Å². The minimum atomic E-state index is -1.25. The van der Waals surface area contributed by atoms with E-state index in [1.807, 2.05) is 35.0 Å². The highest BCUT2D eigenvalue weighted by atomic mass is 32.1. The first-order valence-electron chi connectivity index (χ1n) is 8.73. The number of fused-ring (bicyclic) bond motifs is 3. The van der Waals surface area contributed by atoms with Gasteiger partial charge in [-0.05, 0) is 22.9 Å². The second-order valence-corrected chi connectivity index (χ2v) is 9.40. The summed E-state index contributed by atoms with van der Waals surface area (Å²) in [7, 11) is 4.08. The molecule has 25 heavy (non-hydrogen) atoms. The topological polar surface area (TPSA) is 29.5 Å². The van der Waals surface area contributed by atoms with Gasteiger partial charge in [-0.2, -0.15) is 0 Å². The molecule has 0 unspecified atom stereocenters. The molecule has 3 aliphatic rings. The number of methoxy groups -OCH3 is 1. The maximum atomic E-state index is 11.5. The molecule has 132 valence electrons. The highest BCUT2D eigenvalue weighted by Gasteiger charge is 2.53. The lowest BCUT2D eigenvalue weighted by atomic mass is 9.73. The van der Waals surface area contributed by atoms with Gasteiger partial charge in [0.2, 0.25) is 0 Å².